The van der Waals surface area contributed by atoms with Crippen LogP contribution >= 0.6 is 23.2 Å². The van der Waals surface area contributed by atoms with E-state index in [1.165, 1.54) is 0 Å². The van der Waals surface area contributed by atoms with Crippen molar-refractivity contribution < 1.29 is 9.53 Å². The Morgan fingerprint density at radius 2 is 2.33 bits per heavy atom. The van der Waals surface area contributed by atoms with E-state index in [1.54, 1.807) is 6.92 Å². The van der Waals surface area contributed by atoms with Crippen molar-refractivity contribution in [3.05, 3.63) is 0 Å². The van der Waals surface area contributed by atoms with Gasteiger partial charge in [-0.1, -0.05) is 18.5 Å². The molecule has 0 aliphatic rings. The number of carbonyl (C=O) groups is 1. The fourth-order valence-corrected chi connectivity index (χ4v) is 0.420. The van der Waals surface area contributed by atoms with Gasteiger partial charge in [0, 0.05) is 6.42 Å². The molecule has 4 heteroatoms. The van der Waals surface area contributed by atoms with Gasteiger partial charge in [-0.25, -0.2) is 0 Å². The Bertz CT molecular complexity index is 95.0. The van der Waals surface area contributed by atoms with E-state index in [0.717, 1.165) is 0 Å². The lowest BCUT2D eigenvalue weighted by molar-refractivity contribution is -0.144. The number of ether oxygens (including phenoxy) is 1. The van der Waals surface area contributed by atoms with Crippen molar-refractivity contribution >= 4 is 29.2 Å². The molecule has 0 N–H and O–H groups in total. The zero-order chi connectivity index (χ0) is 7.28. The van der Waals surface area contributed by atoms with Crippen molar-refractivity contribution in [3.63, 3.8) is 0 Å². The number of hydrogen-bond donors (Lipinski definition) is 0. The van der Waals surface area contributed by atoms with E-state index in [2.05, 4.69) is 4.74 Å². The van der Waals surface area contributed by atoms with Gasteiger partial charge in [-0.05, 0) is 0 Å². The second kappa shape index (κ2) is 4.89. The molecule has 1 unspecified atom stereocenters. The molecule has 1 atom stereocenters. The Hall–Kier alpha value is 0.0500. The Kier molecular flexibility index (Phi) is 4.91. The van der Waals surface area contributed by atoms with Crippen LogP contribution in [0.25, 0.3) is 0 Å². The highest BCUT2D eigenvalue weighted by molar-refractivity contribution is 6.27. The van der Waals surface area contributed by atoms with E-state index >= 15 is 0 Å². The third-order valence-electron chi connectivity index (χ3n) is 0.669. The number of carbonyl (C=O) groups excluding carboxylic acids is 1. The van der Waals surface area contributed by atoms with Gasteiger partial charge >= 0.3 is 5.97 Å². The maximum atomic E-state index is 10.4. The molecule has 0 rings (SSSR count). The van der Waals surface area contributed by atoms with E-state index < -0.39 is 5.56 Å². The minimum atomic E-state index is -0.681. The van der Waals surface area contributed by atoms with Crippen LogP contribution in [-0.4, -0.2) is 17.4 Å². The fourth-order valence-electron chi connectivity index (χ4n) is 0.257. The Morgan fingerprint density at radius 1 is 1.78 bits per heavy atom. The van der Waals surface area contributed by atoms with Gasteiger partial charge in [-0.3, -0.25) is 4.79 Å². The molecule has 0 heterocycles. The molecule has 0 amide bonds. The van der Waals surface area contributed by atoms with E-state index in [0.29, 0.717) is 6.42 Å². The largest absolute Gasteiger partial charge is 0.445 e. The monoisotopic (exact) mass is 170 g/mol. The highest BCUT2D eigenvalue weighted by atomic mass is 35.5. The molecule has 0 spiro atoms. The van der Waals surface area contributed by atoms with Crippen LogP contribution in [0.15, 0.2) is 0 Å². The molecule has 0 bridgehead atoms. The molecule has 0 aromatic heterocycles. The molecule has 0 aromatic rings. The minimum Gasteiger partial charge on any atom is -0.445 e. The molecule has 0 saturated heterocycles. The van der Waals surface area contributed by atoms with Crippen molar-refractivity contribution in [2.45, 2.75) is 18.9 Å². The van der Waals surface area contributed by atoms with E-state index in [1.807, 2.05) is 0 Å². The summed E-state index contributed by atoms with van der Waals surface area (Å²) in [6, 6.07) is 0. The van der Waals surface area contributed by atoms with Gasteiger partial charge in [0.05, 0.1) is 5.88 Å². The number of halogens is 2. The zero-order valence-corrected chi connectivity index (χ0v) is 6.58. The molecule has 0 aromatic carbocycles. The van der Waals surface area contributed by atoms with Gasteiger partial charge in [-0.2, -0.15) is 0 Å². The van der Waals surface area contributed by atoms with Crippen LogP contribution in [0.5, 0.6) is 0 Å². The fraction of sp³-hybridized carbons (Fsp3) is 0.800. The third-order valence-corrected chi connectivity index (χ3v) is 1.35. The highest BCUT2D eigenvalue weighted by Crippen LogP contribution is 2.01. The molecule has 0 aliphatic carbocycles. The summed E-state index contributed by atoms with van der Waals surface area (Å²) < 4.78 is 4.54. The van der Waals surface area contributed by atoms with Gasteiger partial charge in [0.1, 0.15) is 0 Å². The number of alkyl halides is 2. The summed E-state index contributed by atoms with van der Waals surface area (Å²) in [7, 11) is 0. The van der Waals surface area contributed by atoms with Crippen LogP contribution in [0.4, 0.5) is 0 Å². The first kappa shape index (κ1) is 9.05. The SMILES string of the molecule is CCC(=O)OC(Cl)CCl. The second-order valence-electron chi connectivity index (χ2n) is 1.41. The normalized spacial score (nSPS) is 12.8. The lowest BCUT2D eigenvalue weighted by Gasteiger charge is -2.04. The van der Waals surface area contributed by atoms with Crippen LogP contribution in [0, 0.1) is 0 Å². The predicted octanol–water partition coefficient (Wildman–Crippen LogP) is 1.74. The van der Waals surface area contributed by atoms with Crippen LogP contribution in [0.2, 0.25) is 0 Å². The van der Waals surface area contributed by atoms with E-state index in [4.69, 9.17) is 23.2 Å². The summed E-state index contributed by atoms with van der Waals surface area (Å²) in [5.74, 6) is -0.191. The van der Waals surface area contributed by atoms with Gasteiger partial charge < -0.3 is 4.74 Å². The first-order valence-corrected chi connectivity index (χ1v) is 3.57. The molecule has 9 heavy (non-hydrogen) atoms. The second-order valence-corrected chi connectivity index (χ2v) is 2.20. The van der Waals surface area contributed by atoms with Gasteiger partial charge in [0.15, 0.2) is 5.56 Å². The molecule has 0 aliphatic heterocycles. The lowest BCUT2D eigenvalue weighted by Crippen LogP contribution is -2.12. The van der Waals surface area contributed by atoms with Crippen molar-refractivity contribution in [1.29, 1.82) is 0 Å². The van der Waals surface area contributed by atoms with Gasteiger partial charge in [0.25, 0.3) is 0 Å². The minimum absolute atomic E-state index is 0.132. The third kappa shape index (κ3) is 4.55. The Morgan fingerprint density at radius 3 is 2.67 bits per heavy atom. The van der Waals surface area contributed by atoms with Crippen molar-refractivity contribution in [3.8, 4) is 0 Å². The topological polar surface area (TPSA) is 26.3 Å². The average Bonchev–Trinajstić information content (AvgIpc) is 1.87. The summed E-state index contributed by atoms with van der Waals surface area (Å²) in [6.07, 6.45) is 0.333. The predicted molar refractivity (Wildman–Crippen MR) is 36.7 cm³/mol. The molecule has 0 saturated carbocycles. The van der Waals surface area contributed by atoms with Crippen LogP contribution in [0.1, 0.15) is 13.3 Å². The number of esters is 1. The number of hydrogen-bond acceptors (Lipinski definition) is 2. The molecular formula is C5H8Cl2O2. The highest BCUT2D eigenvalue weighted by Gasteiger charge is 2.06. The summed E-state index contributed by atoms with van der Waals surface area (Å²) in [4.78, 5) is 10.4. The summed E-state index contributed by atoms with van der Waals surface area (Å²) in [5, 5.41) is 0. The smallest absolute Gasteiger partial charge is 0.307 e. The molecule has 2 nitrogen and oxygen atoms in total. The first-order valence-electron chi connectivity index (χ1n) is 2.60. The van der Waals surface area contributed by atoms with Crippen molar-refractivity contribution in [2.75, 3.05) is 5.88 Å². The van der Waals surface area contributed by atoms with Crippen LogP contribution in [-0.2, 0) is 9.53 Å². The summed E-state index contributed by atoms with van der Waals surface area (Å²) in [5.41, 5.74) is -0.681. The maximum absolute atomic E-state index is 10.4. The van der Waals surface area contributed by atoms with Crippen molar-refractivity contribution in [1.82, 2.24) is 0 Å². The van der Waals surface area contributed by atoms with Crippen LogP contribution < -0.4 is 0 Å². The average molecular weight is 171 g/mol. The molecule has 0 fully saturated rings. The van der Waals surface area contributed by atoms with E-state index in [9.17, 15) is 4.79 Å². The quantitative estimate of drug-likeness (QED) is 0.477. The summed E-state index contributed by atoms with van der Waals surface area (Å²) in [6.45, 7) is 1.69. The van der Waals surface area contributed by atoms with Gasteiger partial charge in [-0.15, -0.1) is 11.6 Å². The molecular weight excluding hydrogens is 163 g/mol. The van der Waals surface area contributed by atoms with E-state index in [-0.39, 0.29) is 11.8 Å². The Labute approximate surface area is 64.1 Å². The van der Waals surface area contributed by atoms with Crippen LogP contribution in [0.3, 0.4) is 0 Å². The molecule has 0 radical (unpaired) electrons. The lowest BCUT2D eigenvalue weighted by atomic mass is 10.5. The first-order chi connectivity index (χ1) is 4.20. The maximum Gasteiger partial charge on any atom is 0.307 e. The number of rotatable bonds is 3. The summed E-state index contributed by atoms with van der Waals surface area (Å²) >= 11 is 10.6. The van der Waals surface area contributed by atoms with Crippen molar-refractivity contribution in [2.24, 2.45) is 0 Å². The molecule has 54 valence electrons. The zero-order valence-electron chi connectivity index (χ0n) is 5.06. The standard InChI is InChI=1S/C5H8Cl2O2/c1-2-5(8)9-4(7)3-6/h4H,2-3H2,1H3. The Balaban J connectivity index is 3.34. The van der Waals surface area contributed by atoms with Gasteiger partial charge in [0.2, 0.25) is 0 Å².